The van der Waals surface area contributed by atoms with E-state index >= 15 is 0 Å². The molecule has 0 unspecified atom stereocenters. The number of amides is 1. The Bertz CT molecular complexity index is 717. The van der Waals surface area contributed by atoms with E-state index < -0.39 is 0 Å². The third-order valence-electron chi connectivity index (χ3n) is 3.16. The highest BCUT2D eigenvalue weighted by Gasteiger charge is 2.14. The summed E-state index contributed by atoms with van der Waals surface area (Å²) in [5, 5.41) is 3.41. The smallest absolute Gasteiger partial charge is 0.262 e. The van der Waals surface area contributed by atoms with E-state index in [9.17, 15) is 4.79 Å². The van der Waals surface area contributed by atoms with Crippen LogP contribution in [-0.2, 0) is 4.79 Å². The molecule has 0 saturated carbocycles. The van der Waals surface area contributed by atoms with Crippen molar-refractivity contribution in [2.24, 2.45) is 0 Å². The topological polar surface area (TPSA) is 56.8 Å². The molecule has 0 bridgehead atoms. The number of ether oxygens (including phenoxy) is 3. The van der Waals surface area contributed by atoms with Crippen LogP contribution in [0.5, 0.6) is 17.2 Å². The van der Waals surface area contributed by atoms with Gasteiger partial charge in [-0.15, -0.1) is 0 Å². The molecule has 0 fully saturated rings. The first-order chi connectivity index (χ1) is 10.6. The number of nitrogens with one attached hydrogen (secondary N) is 1. The van der Waals surface area contributed by atoms with Crippen LogP contribution in [0.4, 0.5) is 5.69 Å². The van der Waals surface area contributed by atoms with E-state index in [0.717, 1.165) is 5.56 Å². The molecule has 2 aromatic rings. The maximum atomic E-state index is 11.9. The standard InChI is InChI=1S/C16H14ClNO4/c1-10-6-12(3-4-13(10)17)20-8-16(19)18-11-2-5-14-15(7-11)22-9-21-14/h2-7H,8-9H2,1H3,(H,18,19). The predicted octanol–water partition coefficient (Wildman–Crippen LogP) is 3.39. The number of carbonyl (C=O) groups excluding carboxylic acids is 1. The molecule has 6 heteroatoms. The second kappa shape index (κ2) is 6.15. The van der Waals surface area contributed by atoms with E-state index in [2.05, 4.69) is 5.32 Å². The summed E-state index contributed by atoms with van der Waals surface area (Å²) in [6.45, 7) is 1.99. The molecule has 3 rings (SSSR count). The number of carbonyl (C=O) groups is 1. The average molecular weight is 320 g/mol. The zero-order valence-electron chi connectivity index (χ0n) is 11.9. The molecule has 0 aliphatic carbocycles. The minimum Gasteiger partial charge on any atom is -0.484 e. The van der Waals surface area contributed by atoms with Crippen LogP contribution in [-0.4, -0.2) is 19.3 Å². The van der Waals surface area contributed by atoms with Crippen LogP contribution in [0, 0.1) is 6.92 Å². The lowest BCUT2D eigenvalue weighted by Crippen LogP contribution is -2.20. The normalized spacial score (nSPS) is 12.1. The summed E-state index contributed by atoms with van der Waals surface area (Å²) in [6, 6.07) is 10.5. The summed E-state index contributed by atoms with van der Waals surface area (Å²) in [5.74, 6) is 1.63. The van der Waals surface area contributed by atoms with Crippen molar-refractivity contribution in [2.45, 2.75) is 6.92 Å². The molecule has 114 valence electrons. The van der Waals surface area contributed by atoms with Gasteiger partial charge >= 0.3 is 0 Å². The summed E-state index contributed by atoms with van der Waals surface area (Å²) in [7, 11) is 0. The molecular weight excluding hydrogens is 306 g/mol. The van der Waals surface area contributed by atoms with Crippen LogP contribution in [0.3, 0.4) is 0 Å². The van der Waals surface area contributed by atoms with Crippen molar-refractivity contribution in [1.82, 2.24) is 0 Å². The van der Waals surface area contributed by atoms with E-state index in [4.69, 9.17) is 25.8 Å². The lowest BCUT2D eigenvalue weighted by molar-refractivity contribution is -0.118. The number of hydrogen-bond acceptors (Lipinski definition) is 4. The molecule has 5 nitrogen and oxygen atoms in total. The number of anilines is 1. The Morgan fingerprint density at radius 1 is 1.23 bits per heavy atom. The molecule has 1 aliphatic rings. The molecule has 2 aromatic carbocycles. The van der Waals surface area contributed by atoms with Crippen LogP contribution in [0.2, 0.25) is 5.02 Å². The first kappa shape index (κ1) is 14.5. The Labute approximate surface area is 132 Å². The number of rotatable bonds is 4. The van der Waals surface area contributed by atoms with Gasteiger partial charge in [-0.2, -0.15) is 0 Å². The van der Waals surface area contributed by atoms with Gasteiger partial charge in [0.05, 0.1) is 0 Å². The lowest BCUT2D eigenvalue weighted by Gasteiger charge is -2.09. The molecule has 1 N–H and O–H groups in total. The maximum absolute atomic E-state index is 11.9. The molecule has 1 amide bonds. The van der Waals surface area contributed by atoms with Gasteiger partial charge in [-0.25, -0.2) is 0 Å². The van der Waals surface area contributed by atoms with Gasteiger partial charge in [0.15, 0.2) is 18.1 Å². The number of hydrogen-bond donors (Lipinski definition) is 1. The molecule has 0 spiro atoms. The number of halogens is 1. The SMILES string of the molecule is Cc1cc(OCC(=O)Nc2ccc3c(c2)OCO3)ccc1Cl. The average Bonchev–Trinajstić information content (AvgIpc) is 2.96. The molecule has 1 aliphatic heterocycles. The fourth-order valence-corrected chi connectivity index (χ4v) is 2.14. The van der Waals surface area contributed by atoms with Crippen LogP contribution in [0.25, 0.3) is 0 Å². The molecule has 0 aromatic heterocycles. The van der Waals surface area contributed by atoms with E-state index in [1.807, 2.05) is 6.92 Å². The van der Waals surface area contributed by atoms with Crippen molar-refractivity contribution in [3.05, 3.63) is 47.0 Å². The highest BCUT2D eigenvalue weighted by molar-refractivity contribution is 6.31. The first-order valence-electron chi connectivity index (χ1n) is 6.70. The second-order valence-electron chi connectivity index (χ2n) is 4.82. The van der Waals surface area contributed by atoms with Gasteiger partial charge in [0, 0.05) is 16.8 Å². The Hall–Kier alpha value is -2.40. The van der Waals surface area contributed by atoms with Gasteiger partial charge in [0.1, 0.15) is 5.75 Å². The number of aryl methyl sites for hydroxylation is 1. The minimum absolute atomic E-state index is 0.0878. The monoisotopic (exact) mass is 319 g/mol. The third kappa shape index (κ3) is 3.26. The maximum Gasteiger partial charge on any atom is 0.262 e. The van der Waals surface area contributed by atoms with Crippen molar-refractivity contribution in [3.63, 3.8) is 0 Å². The zero-order chi connectivity index (χ0) is 15.5. The molecule has 0 radical (unpaired) electrons. The van der Waals surface area contributed by atoms with Crippen molar-refractivity contribution in [3.8, 4) is 17.2 Å². The van der Waals surface area contributed by atoms with Crippen molar-refractivity contribution in [1.29, 1.82) is 0 Å². The summed E-state index contributed by atoms with van der Waals surface area (Å²) < 4.78 is 15.9. The van der Waals surface area contributed by atoms with Crippen LogP contribution >= 0.6 is 11.6 Å². The van der Waals surface area contributed by atoms with Gasteiger partial charge in [-0.3, -0.25) is 4.79 Å². The fourth-order valence-electron chi connectivity index (χ4n) is 2.03. The predicted molar refractivity (Wildman–Crippen MR) is 82.9 cm³/mol. The number of benzene rings is 2. The summed E-state index contributed by atoms with van der Waals surface area (Å²) in [4.78, 5) is 11.9. The first-order valence-corrected chi connectivity index (χ1v) is 7.08. The Morgan fingerprint density at radius 2 is 2.05 bits per heavy atom. The van der Waals surface area contributed by atoms with Crippen LogP contribution in [0.1, 0.15) is 5.56 Å². The van der Waals surface area contributed by atoms with E-state index in [-0.39, 0.29) is 19.3 Å². The number of fused-ring (bicyclic) bond motifs is 1. The molecule has 1 heterocycles. The van der Waals surface area contributed by atoms with Gasteiger partial charge < -0.3 is 19.5 Å². The second-order valence-corrected chi connectivity index (χ2v) is 5.22. The molecule has 0 saturated heterocycles. The fraction of sp³-hybridized carbons (Fsp3) is 0.188. The van der Waals surface area contributed by atoms with E-state index in [1.54, 1.807) is 36.4 Å². The van der Waals surface area contributed by atoms with Gasteiger partial charge in [-0.1, -0.05) is 11.6 Å². The quantitative estimate of drug-likeness (QED) is 0.938. The van der Waals surface area contributed by atoms with Gasteiger partial charge in [0.2, 0.25) is 6.79 Å². The highest BCUT2D eigenvalue weighted by atomic mass is 35.5. The molecule has 22 heavy (non-hydrogen) atoms. The Morgan fingerprint density at radius 3 is 2.86 bits per heavy atom. The lowest BCUT2D eigenvalue weighted by atomic mass is 10.2. The van der Waals surface area contributed by atoms with Crippen LogP contribution < -0.4 is 19.5 Å². The van der Waals surface area contributed by atoms with Gasteiger partial charge in [0.25, 0.3) is 5.91 Å². The largest absolute Gasteiger partial charge is 0.484 e. The van der Waals surface area contributed by atoms with Crippen LogP contribution in [0.15, 0.2) is 36.4 Å². The summed E-state index contributed by atoms with van der Waals surface area (Å²) in [6.07, 6.45) is 0. The van der Waals surface area contributed by atoms with Gasteiger partial charge in [-0.05, 0) is 42.8 Å². The van der Waals surface area contributed by atoms with Crippen molar-refractivity contribution < 1.29 is 19.0 Å². The molecular formula is C16H14ClNO4. The minimum atomic E-state index is -0.258. The summed E-state index contributed by atoms with van der Waals surface area (Å²) >= 11 is 5.94. The molecule has 0 atom stereocenters. The Balaban J connectivity index is 1.57. The van der Waals surface area contributed by atoms with E-state index in [1.165, 1.54) is 0 Å². The Kier molecular flexibility index (Phi) is 4.06. The third-order valence-corrected chi connectivity index (χ3v) is 3.58. The van der Waals surface area contributed by atoms with Crippen molar-refractivity contribution in [2.75, 3.05) is 18.7 Å². The summed E-state index contributed by atoms with van der Waals surface area (Å²) in [5.41, 5.74) is 1.53. The highest BCUT2D eigenvalue weighted by Crippen LogP contribution is 2.34. The van der Waals surface area contributed by atoms with E-state index in [0.29, 0.717) is 28.0 Å². The zero-order valence-corrected chi connectivity index (χ0v) is 12.6. The van der Waals surface area contributed by atoms with Crippen molar-refractivity contribution >= 4 is 23.2 Å².